The van der Waals surface area contributed by atoms with Gasteiger partial charge in [0, 0.05) is 28.2 Å². The summed E-state index contributed by atoms with van der Waals surface area (Å²) in [7, 11) is -3.16. The molecular formula is C25H31Cl2NO4S. The Bertz CT molecular complexity index is 1040. The third-order valence-corrected chi connectivity index (χ3v) is 8.22. The highest BCUT2D eigenvalue weighted by Gasteiger charge is 2.35. The molecule has 1 heterocycles. The molecule has 2 aromatic carbocycles. The zero-order chi connectivity index (χ0) is 23.8. The van der Waals surface area contributed by atoms with Crippen LogP contribution in [0.1, 0.15) is 61.4 Å². The molecule has 1 aliphatic heterocycles. The number of carbonyl (C=O) groups excluding carboxylic acids is 1. The highest BCUT2D eigenvalue weighted by molar-refractivity contribution is 7.91. The van der Waals surface area contributed by atoms with Crippen molar-refractivity contribution in [1.29, 1.82) is 0 Å². The van der Waals surface area contributed by atoms with E-state index in [1.165, 1.54) is 19.3 Å². The smallest absolute Gasteiger partial charge is 0.254 e. The quantitative estimate of drug-likeness (QED) is 0.338. The summed E-state index contributed by atoms with van der Waals surface area (Å²) in [5.74, 6) is 0.538. The lowest BCUT2D eigenvalue weighted by molar-refractivity contribution is 0.0681. The molecule has 1 aliphatic rings. The van der Waals surface area contributed by atoms with Gasteiger partial charge in [-0.2, -0.15) is 0 Å². The van der Waals surface area contributed by atoms with Crippen molar-refractivity contribution in [1.82, 2.24) is 4.90 Å². The SMILES string of the molecule is CCCCCCCOc1ccc(C(=O)N(Cc2ccc(Cl)cc2Cl)[C@H]2CCS(=O)(=O)C2)cc1. The number of halogens is 2. The molecule has 1 atom stereocenters. The molecule has 1 fully saturated rings. The van der Waals surface area contributed by atoms with Crippen molar-refractivity contribution in [2.45, 2.75) is 58.0 Å². The summed E-state index contributed by atoms with van der Waals surface area (Å²) in [6.07, 6.45) is 6.25. The molecule has 0 aromatic heterocycles. The molecule has 0 aliphatic carbocycles. The Morgan fingerprint density at radius 3 is 2.42 bits per heavy atom. The summed E-state index contributed by atoms with van der Waals surface area (Å²) >= 11 is 12.3. The molecule has 8 heteroatoms. The number of ether oxygens (including phenoxy) is 1. The van der Waals surface area contributed by atoms with Crippen LogP contribution in [0.25, 0.3) is 0 Å². The van der Waals surface area contributed by atoms with Gasteiger partial charge >= 0.3 is 0 Å². The van der Waals surface area contributed by atoms with Crippen molar-refractivity contribution < 1.29 is 17.9 Å². The van der Waals surface area contributed by atoms with Crippen LogP contribution in [0.3, 0.4) is 0 Å². The minimum absolute atomic E-state index is 0.0385. The second-order valence-corrected chi connectivity index (χ2v) is 11.6. The van der Waals surface area contributed by atoms with Gasteiger partial charge in [-0.1, -0.05) is 61.9 Å². The molecule has 0 unspecified atom stereocenters. The maximum atomic E-state index is 13.4. The van der Waals surface area contributed by atoms with E-state index in [1.807, 2.05) is 0 Å². The van der Waals surface area contributed by atoms with Crippen LogP contribution in [0, 0.1) is 0 Å². The summed E-state index contributed by atoms with van der Waals surface area (Å²) in [5, 5.41) is 0.954. The summed E-state index contributed by atoms with van der Waals surface area (Å²) in [4.78, 5) is 15.0. The number of rotatable bonds is 11. The van der Waals surface area contributed by atoms with E-state index < -0.39 is 15.9 Å². The van der Waals surface area contributed by atoms with Gasteiger partial charge in [0.25, 0.3) is 5.91 Å². The minimum atomic E-state index is -3.16. The van der Waals surface area contributed by atoms with Gasteiger partial charge in [0.05, 0.1) is 18.1 Å². The van der Waals surface area contributed by atoms with E-state index in [4.69, 9.17) is 27.9 Å². The van der Waals surface area contributed by atoms with Gasteiger partial charge in [-0.05, 0) is 54.8 Å². The van der Waals surface area contributed by atoms with Gasteiger partial charge in [-0.3, -0.25) is 4.79 Å². The fourth-order valence-electron chi connectivity index (χ4n) is 3.98. The lowest BCUT2D eigenvalue weighted by Crippen LogP contribution is -2.40. The maximum Gasteiger partial charge on any atom is 0.254 e. The van der Waals surface area contributed by atoms with E-state index in [0.717, 1.165) is 24.2 Å². The van der Waals surface area contributed by atoms with Crippen molar-refractivity contribution in [2.24, 2.45) is 0 Å². The van der Waals surface area contributed by atoms with Crippen LogP contribution in [0.4, 0.5) is 0 Å². The van der Waals surface area contributed by atoms with E-state index in [9.17, 15) is 13.2 Å². The lowest BCUT2D eigenvalue weighted by atomic mass is 10.1. The Morgan fingerprint density at radius 1 is 1.06 bits per heavy atom. The standard InChI is InChI=1S/C25H31Cl2NO4S/c1-2-3-4-5-6-14-32-23-11-8-19(9-12-23)25(29)28(22-13-15-33(30,31)18-22)17-20-7-10-21(26)16-24(20)27/h7-12,16,22H,2-6,13-15,17-18H2,1H3/t22-/m0/s1. The molecule has 0 radical (unpaired) electrons. The average molecular weight is 512 g/mol. The van der Waals surface area contributed by atoms with Gasteiger partial charge in [-0.15, -0.1) is 0 Å². The monoisotopic (exact) mass is 511 g/mol. The number of hydrogen-bond donors (Lipinski definition) is 0. The van der Waals surface area contributed by atoms with E-state index in [0.29, 0.717) is 28.6 Å². The molecule has 0 spiro atoms. The molecule has 0 bridgehead atoms. The molecule has 5 nitrogen and oxygen atoms in total. The molecule has 33 heavy (non-hydrogen) atoms. The number of sulfone groups is 1. The second kappa shape index (κ2) is 12.1. The van der Waals surface area contributed by atoms with Crippen molar-refractivity contribution in [2.75, 3.05) is 18.1 Å². The van der Waals surface area contributed by atoms with E-state index in [-0.39, 0.29) is 24.0 Å². The fourth-order valence-corrected chi connectivity index (χ4v) is 6.18. The van der Waals surface area contributed by atoms with Crippen LogP contribution in [0.5, 0.6) is 5.75 Å². The average Bonchev–Trinajstić information content (AvgIpc) is 3.15. The summed E-state index contributed by atoms with van der Waals surface area (Å²) in [5.41, 5.74) is 1.21. The third-order valence-electron chi connectivity index (χ3n) is 5.88. The Morgan fingerprint density at radius 2 is 1.79 bits per heavy atom. The Labute approximate surface area is 206 Å². The zero-order valence-corrected chi connectivity index (χ0v) is 21.3. The second-order valence-electron chi connectivity index (χ2n) is 8.51. The normalized spacial score (nSPS) is 17.1. The van der Waals surface area contributed by atoms with Crippen molar-refractivity contribution in [3.63, 3.8) is 0 Å². The molecule has 180 valence electrons. The fraction of sp³-hybridized carbons (Fsp3) is 0.480. The van der Waals surface area contributed by atoms with E-state index in [2.05, 4.69) is 6.92 Å². The van der Waals surface area contributed by atoms with Crippen LogP contribution >= 0.6 is 23.2 Å². The zero-order valence-electron chi connectivity index (χ0n) is 18.9. The summed E-state index contributed by atoms with van der Waals surface area (Å²) in [6, 6.07) is 11.8. The number of carbonyl (C=O) groups is 1. The Balaban J connectivity index is 1.70. The highest BCUT2D eigenvalue weighted by Crippen LogP contribution is 2.27. The maximum absolute atomic E-state index is 13.4. The van der Waals surface area contributed by atoms with Crippen LogP contribution in [-0.2, 0) is 16.4 Å². The van der Waals surface area contributed by atoms with Crippen LogP contribution in [-0.4, -0.2) is 43.4 Å². The Kier molecular flexibility index (Phi) is 9.47. The number of benzene rings is 2. The molecule has 2 aromatic rings. The topological polar surface area (TPSA) is 63.7 Å². The molecule has 0 N–H and O–H groups in total. The van der Waals surface area contributed by atoms with Crippen molar-refractivity contribution >= 4 is 38.9 Å². The Hall–Kier alpha value is -1.76. The minimum Gasteiger partial charge on any atom is -0.494 e. The van der Waals surface area contributed by atoms with E-state index in [1.54, 1.807) is 47.4 Å². The van der Waals surface area contributed by atoms with Crippen molar-refractivity contribution in [3.05, 3.63) is 63.6 Å². The predicted octanol–water partition coefficient (Wildman–Crippen LogP) is 6.17. The van der Waals surface area contributed by atoms with Crippen molar-refractivity contribution in [3.8, 4) is 5.75 Å². The number of nitrogens with zero attached hydrogens (tertiary/aromatic N) is 1. The van der Waals surface area contributed by atoms with Gasteiger partial charge in [0.1, 0.15) is 5.75 Å². The highest BCUT2D eigenvalue weighted by atomic mass is 35.5. The predicted molar refractivity (Wildman–Crippen MR) is 134 cm³/mol. The largest absolute Gasteiger partial charge is 0.494 e. The first-order valence-corrected chi connectivity index (χ1v) is 14.0. The molecule has 1 saturated heterocycles. The lowest BCUT2D eigenvalue weighted by Gasteiger charge is -2.29. The van der Waals surface area contributed by atoms with Crippen LogP contribution in [0.15, 0.2) is 42.5 Å². The molecule has 3 rings (SSSR count). The molecule has 0 saturated carbocycles. The third kappa shape index (κ3) is 7.62. The van der Waals surface area contributed by atoms with Gasteiger partial charge in [0.2, 0.25) is 0 Å². The molecular weight excluding hydrogens is 481 g/mol. The first-order chi connectivity index (χ1) is 15.8. The van der Waals surface area contributed by atoms with Crippen LogP contribution in [0.2, 0.25) is 10.0 Å². The van der Waals surface area contributed by atoms with Gasteiger partial charge in [0.15, 0.2) is 9.84 Å². The summed E-state index contributed by atoms with van der Waals surface area (Å²) < 4.78 is 30.0. The van der Waals surface area contributed by atoms with Crippen LogP contribution < -0.4 is 4.74 Å². The van der Waals surface area contributed by atoms with Gasteiger partial charge in [-0.25, -0.2) is 8.42 Å². The van der Waals surface area contributed by atoms with Gasteiger partial charge < -0.3 is 9.64 Å². The van der Waals surface area contributed by atoms with E-state index >= 15 is 0 Å². The number of unbranched alkanes of at least 4 members (excludes halogenated alkanes) is 4. The number of hydrogen-bond acceptors (Lipinski definition) is 4. The number of amides is 1. The molecule has 1 amide bonds. The summed E-state index contributed by atoms with van der Waals surface area (Å²) in [6.45, 7) is 3.05. The first kappa shape index (κ1) is 25.9. The first-order valence-electron chi connectivity index (χ1n) is 11.5.